The first-order chi connectivity index (χ1) is 24.7. The normalized spacial score (nSPS) is 14.9. The number of hydrogen-bond acceptors (Lipinski definition) is 4. The fraction of sp³-hybridized carbons (Fsp3) is 0.800. The first kappa shape index (κ1) is 46.3. The second kappa shape index (κ2) is 37.1. The molecule has 0 atom stereocenters. The van der Waals surface area contributed by atoms with Crippen LogP contribution in [0.25, 0.3) is 0 Å². The van der Waals surface area contributed by atoms with Gasteiger partial charge in [0.05, 0.1) is 0 Å². The van der Waals surface area contributed by atoms with Crippen LogP contribution in [0.3, 0.4) is 0 Å². The summed E-state index contributed by atoms with van der Waals surface area (Å²) in [5.74, 6) is 0.208. The maximum atomic E-state index is 12.9. The summed E-state index contributed by atoms with van der Waals surface area (Å²) in [5, 5.41) is 2.25. The van der Waals surface area contributed by atoms with Gasteiger partial charge in [0.1, 0.15) is 0 Å². The predicted octanol–water partition coefficient (Wildman–Crippen LogP) is 12.0. The maximum absolute atomic E-state index is 12.9. The Morgan fingerprint density at radius 1 is 0.520 bits per heavy atom. The summed E-state index contributed by atoms with van der Waals surface area (Å²) in [4.78, 5) is 17.8. The average Bonchev–Trinajstić information content (AvgIpc) is 3.12. The van der Waals surface area contributed by atoms with Gasteiger partial charge in [-0.3, -0.25) is 10.2 Å². The molecule has 1 N–H and O–H groups in total. The molecule has 0 aliphatic carbocycles. The molecule has 0 unspecified atom stereocenters. The molecule has 0 bridgehead atoms. The van der Waals surface area contributed by atoms with Gasteiger partial charge < -0.3 is 9.80 Å². The zero-order valence-electron chi connectivity index (χ0n) is 33.7. The van der Waals surface area contributed by atoms with E-state index in [1.807, 2.05) is 0 Å². The lowest BCUT2D eigenvalue weighted by Gasteiger charge is -2.32. The Balaban J connectivity index is 2.20. The van der Waals surface area contributed by atoms with Crippen molar-refractivity contribution in [1.29, 1.82) is 0 Å². The van der Waals surface area contributed by atoms with Crippen molar-refractivity contribution in [3.05, 3.63) is 48.6 Å². The number of piperazine rings is 1. The minimum absolute atomic E-state index is 0.208. The SMILES string of the molecule is CCCCC/C=C\C/C=C\CCCCCCCCN(CCCCCCCC/C=C\C/C=C\CCCCC)NC(=O)CCCN1CCN(C)CC1. The van der Waals surface area contributed by atoms with Crippen LogP contribution < -0.4 is 5.43 Å². The Morgan fingerprint density at radius 2 is 0.920 bits per heavy atom. The first-order valence-corrected chi connectivity index (χ1v) is 21.7. The van der Waals surface area contributed by atoms with Gasteiger partial charge in [0.2, 0.25) is 5.91 Å². The van der Waals surface area contributed by atoms with Crippen molar-refractivity contribution in [3.8, 4) is 0 Å². The molecule has 0 spiro atoms. The molecule has 0 aromatic heterocycles. The Bertz CT molecular complexity index is 794. The van der Waals surface area contributed by atoms with E-state index >= 15 is 0 Å². The highest BCUT2D eigenvalue weighted by atomic mass is 16.2. The number of rotatable bonds is 35. The zero-order chi connectivity index (χ0) is 36.0. The number of unbranched alkanes of at least 4 members (excludes halogenated alkanes) is 18. The quantitative estimate of drug-likeness (QED) is 0.0407. The van der Waals surface area contributed by atoms with E-state index in [0.717, 1.165) is 65.1 Å². The van der Waals surface area contributed by atoms with Gasteiger partial charge in [-0.15, -0.1) is 0 Å². The topological polar surface area (TPSA) is 38.8 Å². The Hall–Kier alpha value is -1.69. The average molecular weight is 697 g/mol. The predicted molar refractivity (Wildman–Crippen MR) is 222 cm³/mol. The van der Waals surface area contributed by atoms with E-state index in [-0.39, 0.29) is 5.91 Å². The van der Waals surface area contributed by atoms with Gasteiger partial charge in [0.15, 0.2) is 0 Å². The van der Waals surface area contributed by atoms with Crippen LogP contribution in [0.5, 0.6) is 0 Å². The molecule has 1 saturated heterocycles. The molecule has 290 valence electrons. The number of hydrazine groups is 1. The van der Waals surface area contributed by atoms with Gasteiger partial charge in [-0.25, -0.2) is 5.01 Å². The second-order valence-electron chi connectivity index (χ2n) is 14.9. The number of nitrogens with zero attached hydrogens (tertiary/aromatic N) is 3. The molecule has 1 aliphatic heterocycles. The van der Waals surface area contributed by atoms with Crippen molar-refractivity contribution in [2.75, 3.05) is 52.9 Å². The summed E-state index contributed by atoms with van der Waals surface area (Å²) in [7, 11) is 2.20. The van der Waals surface area contributed by atoms with Gasteiger partial charge in [-0.2, -0.15) is 0 Å². The summed E-state index contributed by atoms with van der Waals surface area (Å²) in [6, 6.07) is 0. The van der Waals surface area contributed by atoms with Crippen LogP contribution in [0, 0.1) is 0 Å². The van der Waals surface area contributed by atoms with Crippen LogP contribution in [-0.2, 0) is 4.79 Å². The monoisotopic (exact) mass is 697 g/mol. The molecule has 1 fully saturated rings. The number of allylic oxidation sites excluding steroid dienone is 8. The summed E-state index contributed by atoms with van der Waals surface area (Å²) in [6.07, 6.45) is 50.8. The van der Waals surface area contributed by atoms with Crippen LogP contribution in [0.2, 0.25) is 0 Å². The van der Waals surface area contributed by atoms with E-state index in [1.54, 1.807) is 0 Å². The number of hydrogen-bond donors (Lipinski definition) is 1. The van der Waals surface area contributed by atoms with Crippen LogP contribution in [0.1, 0.15) is 181 Å². The molecule has 1 aliphatic rings. The van der Waals surface area contributed by atoms with Crippen LogP contribution in [0.15, 0.2) is 48.6 Å². The van der Waals surface area contributed by atoms with Crippen molar-refractivity contribution >= 4 is 5.91 Å². The lowest BCUT2D eigenvalue weighted by molar-refractivity contribution is -0.126. The number of nitrogens with one attached hydrogen (secondary N) is 1. The highest BCUT2D eigenvalue weighted by Crippen LogP contribution is 2.11. The fourth-order valence-electron chi connectivity index (χ4n) is 6.57. The molecular weight excluding hydrogens is 613 g/mol. The number of amides is 1. The van der Waals surface area contributed by atoms with E-state index in [4.69, 9.17) is 0 Å². The van der Waals surface area contributed by atoms with Crippen molar-refractivity contribution in [2.24, 2.45) is 0 Å². The van der Waals surface area contributed by atoms with Crippen molar-refractivity contribution < 1.29 is 4.79 Å². The smallest absolute Gasteiger partial charge is 0.234 e. The highest BCUT2D eigenvalue weighted by molar-refractivity contribution is 5.75. The van der Waals surface area contributed by atoms with E-state index in [1.165, 1.54) is 141 Å². The summed E-state index contributed by atoms with van der Waals surface area (Å²) in [6.45, 7) is 12.1. The van der Waals surface area contributed by atoms with Gasteiger partial charge in [-0.1, -0.05) is 140 Å². The number of carbonyl (C=O) groups excluding carboxylic acids is 1. The minimum atomic E-state index is 0.208. The van der Waals surface area contributed by atoms with Gasteiger partial charge >= 0.3 is 0 Å². The lowest BCUT2D eigenvalue weighted by atomic mass is 10.1. The minimum Gasteiger partial charge on any atom is -0.304 e. The van der Waals surface area contributed by atoms with Crippen molar-refractivity contribution in [3.63, 3.8) is 0 Å². The second-order valence-corrected chi connectivity index (χ2v) is 14.9. The maximum Gasteiger partial charge on any atom is 0.234 e. The molecule has 1 rings (SSSR count). The third-order valence-corrected chi connectivity index (χ3v) is 10.0. The zero-order valence-corrected chi connectivity index (χ0v) is 33.7. The number of carbonyl (C=O) groups is 1. The van der Waals surface area contributed by atoms with E-state index in [0.29, 0.717) is 6.42 Å². The molecule has 50 heavy (non-hydrogen) atoms. The van der Waals surface area contributed by atoms with Gasteiger partial charge in [-0.05, 0) is 97.1 Å². The van der Waals surface area contributed by atoms with Crippen LogP contribution in [0.4, 0.5) is 0 Å². The molecule has 0 saturated carbocycles. The molecule has 5 heteroatoms. The molecular formula is C45H84N4O. The Labute approximate surface area is 312 Å². The molecule has 0 radical (unpaired) electrons. The third-order valence-electron chi connectivity index (χ3n) is 10.0. The van der Waals surface area contributed by atoms with E-state index in [9.17, 15) is 4.79 Å². The van der Waals surface area contributed by atoms with Crippen LogP contribution >= 0.6 is 0 Å². The Kier molecular flexibility index (Phi) is 34.4. The molecule has 5 nitrogen and oxygen atoms in total. The summed E-state index contributed by atoms with van der Waals surface area (Å²) < 4.78 is 0. The van der Waals surface area contributed by atoms with E-state index in [2.05, 4.69) is 89.7 Å². The molecule has 0 aromatic rings. The third kappa shape index (κ3) is 32.2. The first-order valence-electron chi connectivity index (χ1n) is 21.7. The van der Waals surface area contributed by atoms with Gasteiger partial charge in [0, 0.05) is 45.7 Å². The number of likely N-dealkylation sites (N-methyl/N-ethyl adjacent to an activating group) is 1. The molecule has 0 aromatic carbocycles. The molecule has 1 amide bonds. The van der Waals surface area contributed by atoms with Gasteiger partial charge in [0.25, 0.3) is 0 Å². The molecule has 1 heterocycles. The standard InChI is InChI=1S/C45H84N4O/c1-4-6-8-10-12-14-16-18-20-22-24-26-28-30-32-34-39-49(46-45(50)37-36-38-48-43-41-47(3)42-44-48)40-35-33-31-29-27-25-23-21-19-17-15-13-11-9-7-5-2/h12-15,18-21H,4-11,16-17,22-44H2,1-3H3,(H,46,50)/b14-12-,15-13-,20-18-,21-19-. The largest absolute Gasteiger partial charge is 0.304 e. The fourth-order valence-corrected chi connectivity index (χ4v) is 6.57. The lowest BCUT2D eigenvalue weighted by Crippen LogP contribution is -2.45. The summed E-state index contributed by atoms with van der Waals surface area (Å²) in [5.41, 5.74) is 3.31. The van der Waals surface area contributed by atoms with Crippen LogP contribution in [-0.4, -0.2) is 73.6 Å². The Morgan fingerprint density at radius 3 is 1.36 bits per heavy atom. The van der Waals surface area contributed by atoms with E-state index < -0.39 is 0 Å². The highest BCUT2D eigenvalue weighted by Gasteiger charge is 2.14. The van der Waals surface area contributed by atoms with Crippen molar-refractivity contribution in [1.82, 2.24) is 20.2 Å². The van der Waals surface area contributed by atoms with Crippen molar-refractivity contribution in [2.45, 2.75) is 181 Å². The summed E-state index contributed by atoms with van der Waals surface area (Å²) >= 11 is 0.